The maximum atomic E-state index is 12.7. The SMILES string of the molecule is O=C(CNc1ccccc1)Nc1cccc(S(=O)(=O)N2CCCCC2)c1. The first kappa shape index (κ1) is 18.4. The number of nitrogens with one attached hydrogen (secondary N) is 2. The molecule has 1 amide bonds. The van der Waals surface area contributed by atoms with Crippen molar-refractivity contribution in [3.63, 3.8) is 0 Å². The van der Waals surface area contributed by atoms with Crippen LogP contribution in [-0.4, -0.2) is 38.3 Å². The molecule has 7 heteroatoms. The quantitative estimate of drug-likeness (QED) is 0.816. The van der Waals surface area contributed by atoms with Crippen LogP contribution in [0.3, 0.4) is 0 Å². The van der Waals surface area contributed by atoms with Gasteiger partial charge < -0.3 is 10.6 Å². The van der Waals surface area contributed by atoms with Crippen molar-refractivity contribution >= 4 is 27.3 Å². The fourth-order valence-electron chi connectivity index (χ4n) is 2.93. The van der Waals surface area contributed by atoms with E-state index in [1.807, 2.05) is 30.3 Å². The molecule has 0 spiro atoms. The van der Waals surface area contributed by atoms with Crippen LogP contribution in [0.4, 0.5) is 11.4 Å². The summed E-state index contributed by atoms with van der Waals surface area (Å²) < 4.78 is 27.0. The third-order valence-corrected chi connectivity index (χ3v) is 6.19. The molecule has 1 aliphatic heterocycles. The summed E-state index contributed by atoms with van der Waals surface area (Å²) in [5, 5.41) is 5.77. The van der Waals surface area contributed by atoms with Gasteiger partial charge in [-0.1, -0.05) is 30.7 Å². The van der Waals surface area contributed by atoms with E-state index in [9.17, 15) is 13.2 Å². The summed E-state index contributed by atoms with van der Waals surface area (Å²) in [4.78, 5) is 12.3. The van der Waals surface area contributed by atoms with E-state index in [0.717, 1.165) is 24.9 Å². The molecule has 0 unspecified atom stereocenters. The van der Waals surface area contributed by atoms with Gasteiger partial charge in [0.2, 0.25) is 15.9 Å². The van der Waals surface area contributed by atoms with E-state index >= 15 is 0 Å². The standard InChI is InChI=1S/C19H23N3O3S/c23-19(15-20-16-8-3-1-4-9-16)21-17-10-7-11-18(14-17)26(24,25)22-12-5-2-6-13-22/h1,3-4,7-11,14,20H,2,5-6,12-13,15H2,(H,21,23). The summed E-state index contributed by atoms with van der Waals surface area (Å²) in [5.41, 5.74) is 1.33. The maximum Gasteiger partial charge on any atom is 0.243 e. The Morgan fingerprint density at radius 3 is 2.35 bits per heavy atom. The number of benzene rings is 2. The second kappa shape index (κ2) is 8.33. The lowest BCUT2D eigenvalue weighted by Crippen LogP contribution is -2.35. The first-order valence-corrected chi connectivity index (χ1v) is 10.2. The Bertz CT molecular complexity index is 847. The summed E-state index contributed by atoms with van der Waals surface area (Å²) in [6.07, 6.45) is 2.85. The van der Waals surface area contributed by atoms with Gasteiger partial charge in [0.05, 0.1) is 11.4 Å². The Hall–Kier alpha value is -2.38. The van der Waals surface area contributed by atoms with Crippen LogP contribution in [0.1, 0.15) is 19.3 Å². The van der Waals surface area contributed by atoms with Crippen LogP contribution in [0.5, 0.6) is 0 Å². The number of rotatable bonds is 6. The van der Waals surface area contributed by atoms with Crippen molar-refractivity contribution < 1.29 is 13.2 Å². The van der Waals surface area contributed by atoms with Gasteiger partial charge in [0, 0.05) is 24.5 Å². The normalized spacial score (nSPS) is 15.4. The molecule has 2 N–H and O–H groups in total. The molecule has 138 valence electrons. The highest BCUT2D eigenvalue weighted by atomic mass is 32.2. The predicted molar refractivity (Wildman–Crippen MR) is 103 cm³/mol. The summed E-state index contributed by atoms with van der Waals surface area (Å²) in [7, 11) is -3.51. The number of carbonyl (C=O) groups is 1. The van der Waals surface area contributed by atoms with E-state index in [1.54, 1.807) is 18.2 Å². The highest BCUT2D eigenvalue weighted by Crippen LogP contribution is 2.22. The molecule has 1 heterocycles. The van der Waals surface area contributed by atoms with Crippen molar-refractivity contribution in [2.45, 2.75) is 24.2 Å². The molecular weight excluding hydrogens is 350 g/mol. The minimum absolute atomic E-state index is 0.104. The molecule has 0 radical (unpaired) electrons. The summed E-state index contributed by atoms with van der Waals surface area (Å²) in [5.74, 6) is -0.235. The van der Waals surface area contributed by atoms with Crippen LogP contribution in [0.15, 0.2) is 59.5 Å². The van der Waals surface area contributed by atoms with Gasteiger partial charge in [-0.2, -0.15) is 4.31 Å². The number of piperidine rings is 1. The molecule has 26 heavy (non-hydrogen) atoms. The minimum atomic E-state index is -3.51. The minimum Gasteiger partial charge on any atom is -0.376 e. The maximum absolute atomic E-state index is 12.7. The Labute approximate surface area is 154 Å². The van der Waals surface area contributed by atoms with Gasteiger partial charge in [-0.3, -0.25) is 4.79 Å². The number of amides is 1. The van der Waals surface area contributed by atoms with E-state index in [2.05, 4.69) is 10.6 Å². The highest BCUT2D eigenvalue weighted by molar-refractivity contribution is 7.89. The van der Waals surface area contributed by atoms with Crippen LogP contribution in [0, 0.1) is 0 Å². The third-order valence-electron chi connectivity index (χ3n) is 4.30. The largest absolute Gasteiger partial charge is 0.376 e. The summed E-state index contributed by atoms with van der Waals surface area (Å²) in [6.45, 7) is 1.22. The lowest BCUT2D eigenvalue weighted by Gasteiger charge is -2.26. The number of anilines is 2. The zero-order valence-electron chi connectivity index (χ0n) is 14.5. The zero-order valence-corrected chi connectivity index (χ0v) is 15.3. The van der Waals surface area contributed by atoms with Crippen molar-refractivity contribution in [2.75, 3.05) is 30.3 Å². The molecular formula is C19H23N3O3S. The molecule has 0 bridgehead atoms. The van der Waals surface area contributed by atoms with Gasteiger partial charge >= 0.3 is 0 Å². The highest BCUT2D eigenvalue weighted by Gasteiger charge is 2.26. The lowest BCUT2D eigenvalue weighted by molar-refractivity contribution is -0.114. The van der Waals surface area contributed by atoms with Crippen molar-refractivity contribution in [1.29, 1.82) is 0 Å². The smallest absolute Gasteiger partial charge is 0.243 e. The average molecular weight is 373 g/mol. The number of nitrogens with zero attached hydrogens (tertiary/aromatic N) is 1. The first-order chi connectivity index (χ1) is 12.6. The Kier molecular flexibility index (Phi) is 5.90. The fraction of sp³-hybridized carbons (Fsp3) is 0.316. The van der Waals surface area contributed by atoms with Gasteiger partial charge in [0.25, 0.3) is 0 Å². The van der Waals surface area contributed by atoms with Gasteiger partial charge in [0.1, 0.15) is 0 Å². The van der Waals surface area contributed by atoms with Gasteiger partial charge in [-0.05, 0) is 43.2 Å². The second-order valence-electron chi connectivity index (χ2n) is 6.26. The van der Waals surface area contributed by atoms with Crippen molar-refractivity contribution in [2.24, 2.45) is 0 Å². The van der Waals surface area contributed by atoms with Crippen LogP contribution >= 0.6 is 0 Å². The Morgan fingerprint density at radius 1 is 0.923 bits per heavy atom. The van der Waals surface area contributed by atoms with Crippen molar-refractivity contribution in [1.82, 2.24) is 4.31 Å². The molecule has 1 fully saturated rings. The summed E-state index contributed by atoms with van der Waals surface area (Å²) >= 11 is 0. The van der Waals surface area contributed by atoms with Crippen LogP contribution in [0.25, 0.3) is 0 Å². The molecule has 3 rings (SSSR count). The van der Waals surface area contributed by atoms with E-state index in [0.29, 0.717) is 18.8 Å². The molecule has 1 saturated heterocycles. The van der Waals surface area contributed by atoms with E-state index in [4.69, 9.17) is 0 Å². The predicted octanol–water partition coefficient (Wildman–Crippen LogP) is 2.91. The lowest BCUT2D eigenvalue weighted by atomic mass is 10.2. The second-order valence-corrected chi connectivity index (χ2v) is 8.20. The van der Waals surface area contributed by atoms with E-state index in [1.165, 1.54) is 10.4 Å². The number of carbonyl (C=O) groups excluding carboxylic acids is 1. The molecule has 6 nitrogen and oxygen atoms in total. The van der Waals surface area contributed by atoms with Crippen LogP contribution < -0.4 is 10.6 Å². The monoisotopic (exact) mass is 373 g/mol. The topological polar surface area (TPSA) is 78.5 Å². The van der Waals surface area contributed by atoms with E-state index in [-0.39, 0.29) is 17.3 Å². The first-order valence-electron chi connectivity index (χ1n) is 8.75. The molecule has 2 aromatic carbocycles. The van der Waals surface area contributed by atoms with E-state index < -0.39 is 10.0 Å². The molecule has 1 aliphatic rings. The van der Waals surface area contributed by atoms with Gasteiger partial charge in [-0.25, -0.2) is 8.42 Å². The number of sulfonamides is 1. The summed E-state index contributed by atoms with van der Waals surface area (Å²) in [6, 6.07) is 15.8. The van der Waals surface area contributed by atoms with Gasteiger partial charge in [-0.15, -0.1) is 0 Å². The molecule has 0 aromatic heterocycles. The molecule has 0 saturated carbocycles. The number of hydrogen-bond donors (Lipinski definition) is 2. The Morgan fingerprint density at radius 2 is 1.62 bits per heavy atom. The fourth-order valence-corrected chi connectivity index (χ4v) is 4.50. The van der Waals surface area contributed by atoms with Crippen molar-refractivity contribution in [3.8, 4) is 0 Å². The van der Waals surface area contributed by atoms with Crippen molar-refractivity contribution in [3.05, 3.63) is 54.6 Å². The number of hydrogen-bond acceptors (Lipinski definition) is 4. The van der Waals surface area contributed by atoms with Crippen LogP contribution in [0.2, 0.25) is 0 Å². The molecule has 0 aliphatic carbocycles. The molecule has 2 aromatic rings. The zero-order chi connectivity index (χ0) is 18.4. The average Bonchev–Trinajstić information content (AvgIpc) is 2.68. The van der Waals surface area contributed by atoms with Crippen LogP contribution in [-0.2, 0) is 14.8 Å². The molecule has 0 atom stereocenters. The third kappa shape index (κ3) is 4.62. The Balaban J connectivity index is 1.64. The van der Waals surface area contributed by atoms with Gasteiger partial charge in [0.15, 0.2) is 0 Å². The number of para-hydroxylation sites is 1.